The summed E-state index contributed by atoms with van der Waals surface area (Å²) in [5, 5.41) is 13.1. The van der Waals surface area contributed by atoms with Gasteiger partial charge in [-0.15, -0.1) is 11.3 Å². The smallest absolute Gasteiger partial charge is 0.340 e. The molecule has 1 aromatic heterocycles. The van der Waals surface area contributed by atoms with Gasteiger partial charge in [0.1, 0.15) is 12.4 Å². The molecule has 35 heavy (non-hydrogen) atoms. The zero-order valence-corrected chi connectivity index (χ0v) is 19.8. The molecule has 0 aliphatic carbocycles. The number of rotatable bonds is 7. The van der Waals surface area contributed by atoms with Crippen LogP contribution < -0.4 is 9.80 Å². The first-order valence-corrected chi connectivity index (χ1v) is 11.9. The normalized spacial score (nSPS) is 13.4. The first-order valence-electron chi connectivity index (χ1n) is 11.1. The zero-order chi connectivity index (χ0) is 24.9. The van der Waals surface area contributed by atoms with E-state index in [2.05, 4.69) is 4.98 Å². The average molecular weight is 499 g/mol. The van der Waals surface area contributed by atoms with Gasteiger partial charge in [-0.3, -0.25) is 19.8 Å². The molecule has 11 heteroatoms. The number of benzene rings is 2. The SMILES string of the molecule is CC(=O)N(c1nc(COC(=O)c2cc([N+](=O)[O-])ccc2N2CCCCC2)cs1)c1ccccc1F. The van der Waals surface area contributed by atoms with Crippen LogP contribution in [0, 0.1) is 15.9 Å². The molecule has 3 aromatic rings. The minimum Gasteiger partial charge on any atom is -0.455 e. The van der Waals surface area contributed by atoms with Gasteiger partial charge in [-0.1, -0.05) is 12.1 Å². The van der Waals surface area contributed by atoms with Crippen molar-refractivity contribution in [3.05, 3.63) is 75.0 Å². The van der Waals surface area contributed by atoms with E-state index in [0.717, 1.165) is 48.6 Å². The summed E-state index contributed by atoms with van der Waals surface area (Å²) in [6.07, 6.45) is 3.04. The number of hydrogen-bond acceptors (Lipinski definition) is 8. The minimum atomic E-state index is -0.707. The average Bonchev–Trinajstić information content (AvgIpc) is 3.32. The Kier molecular flexibility index (Phi) is 7.35. The highest BCUT2D eigenvalue weighted by atomic mass is 32.1. The Hall–Kier alpha value is -3.86. The Bertz CT molecular complexity index is 1260. The van der Waals surface area contributed by atoms with Crippen molar-refractivity contribution in [3.63, 3.8) is 0 Å². The van der Waals surface area contributed by atoms with Gasteiger partial charge in [0.25, 0.3) is 5.69 Å². The van der Waals surface area contributed by atoms with E-state index in [-0.39, 0.29) is 28.7 Å². The maximum atomic E-state index is 14.3. The van der Waals surface area contributed by atoms with Gasteiger partial charge in [-0.25, -0.2) is 14.2 Å². The van der Waals surface area contributed by atoms with Crippen molar-refractivity contribution in [1.29, 1.82) is 0 Å². The van der Waals surface area contributed by atoms with Gasteiger partial charge in [0.15, 0.2) is 5.13 Å². The van der Waals surface area contributed by atoms with Gasteiger partial charge in [-0.05, 0) is 37.5 Å². The first-order chi connectivity index (χ1) is 16.8. The molecule has 1 fully saturated rings. The molecule has 182 valence electrons. The first kappa shape index (κ1) is 24.3. The van der Waals surface area contributed by atoms with E-state index < -0.39 is 22.6 Å². The van der Waals surface area contributed by atoms with Crippen molar-refractivity contribution in [3.8, 4) is 0 Å². The second-order valence-electron chi connectivity index (χ2n) is 8.01. The van der Waals surface area contributed by atoms with Crippen LogP contribution in [0.3, 0.4) is 0 Å². The summed E-state index contributed by atoms with van der Waals surface area (Å²) < 4.78 is 19.7. The number of hydrogen-bond donors (Lipinski definition) is 0. The largest absolute Gasteiger partial charge is 0.455 e. The summed E-state index contributed by atoms with van der Waals surface area (Å²) in [6.45, 7) is 2.60. The zero-order valence-electron chi connectivity index (χ0n) is 19.0. The molecule has 0 radical (unpaired) electrons. The summed E-state index contributed by atoms with van der Waals surface area (Å²) in [5.41, 5.74) is 0.956. The van der Waals surface area contributed by atoms with Crippen LogP contribution in [-0.4, -0.2) is 34.9 Å². The molecule has 2 aromatic carbocycles. The van der Waals surface area contributed by atoms with Gasteiger partial charge in [-0.2, -0.15) is 0 Å². The number of esters is 1. The number of aromatic nitrogens is 1. The van der Waals surface area contributed by atoms with Crippen molar-refractivity contribution in [2.24, 2.45) is 0 Å². The monoisotopic (exact) mass is 498 g/mol. The molecule has 0 spiro atoms. The lowest BCUT2D eigenvalue weighted by molar-refractivity contribution is -0.384. The van der Waals surface area contributed by atoms with Crippen LogP contribution in [0.25, 0.3) is 0 Å². The highest BCUT2D eigenvalue weighted by molar-refractivity contribution is 7.14. The van der Waals surface area contributed by atoms with Crippen LogP contribution in [0.15, 0.2) is 47.8 Å². The summed E-state index contributed by atoms with van der Waals surface area (Å²) in [5.74, 6) is -1.70. The Morgan fingerprint density at radius 3 is 2.63 bits per heavy atom. The summed E-state index contributed by atoms with van der Waals surface area (Å²) in [6, 6.07) is 10.1. The number of amides is 1. The van der Waals surface area contributed by atoms with Gasteiger partial charge < -0.3 is 9.64 Å². The van der Waals surface area contributed by atoms with Crippen molar-refractivity contribution in [1.82, 2.24) is 4.98 Å². The molecular weight excluding hydrogens is 475 g/mol. The fourth-order valence-electron chi connectivity index (χ4n) is 3.93. The van der Waals surface area contributed by atoms with Gasteiger partial charge in [0.2, 0.25) is 5.91 Å². The fraction of sp³-hybridized carbons (Fsp3) is 0.292. The Balaban J connectivity index is 1.53. The van der Waals surface area contributed by atoms with E-state index in [4.69, 9.17) is 4.74 Å². The topological polar surface area (TPSA) is 106 Å². The molecule has 1 saturated heterocycles. The number of piperidine rings is 1. The number of halogens is 1. The molecule has 1 aliphatic rings. The van der Waals surface area contributed by atoms with E-state index in [1.54, 1.807) is 17.5 Å². The molecule has 4 rings (SSSR count). The van der Waals surface area contributed by atoms with Crippen LogP contribution in [0.2, 0.25) is 0 Å². The molecule has 2 heterocycles. The number of ether oxygens (including phenoxy) is 1. The highest BCUT2D eigenvalue weighted by Crippen LogP contribution is 2.32. The summed E-state index contributed by atoms with van der Waals surface area (Å²) in [4.78, 5) is 43.4. The maximum Gasteiger partial charge on any atom is 0.340 e. The van der Waals surface area contributed by atoms with Gasteiger partial charge in [0, 0.05) is 37.5 Å². The molecule has 9 nitrogen and oxygen atoms in total. The Labute approximate surface area is 204 Å². The lowest BCUT2D eigenvalue weighted by atomic mass is 10.1. The molecule has 0 bridgehead atoms. The van der Waals surface area contributed by atoms with Crippen LogP contribution in [0.1, 0.15) is 42.2 Å². The molecule has 0 unspecified atom stereocenters. The number of thiazole rings is 1. The number of nitro groups is 1. The standard InChI is InChI=1S/C24H23FN4O5S/c1-16(30)28(22-8-4-3-7-20(22)25)24-26-17(15-35-24)14-34-23(31)19-13-18(29(32)33)9-10-21(19)27-11-5-2-6-12-27/h3-4,7-10,13,15H,2,5-6,11-12,14H2,1H3. The van der Waals surface area contributed by atoms with Crippen molar-refractivity contribution in [2.45, 2.75) is 32.8 Å². The van der Waals surface area contributed by atoms with Crippen LogP contribution in [-0.2, 0) is 16.1 Å². The molecule has 1 amide bonds. The highest BCUT2D eigenvalue weighted by Gasteiger charge is 2.24. The fourth-order valence-corrected chi connectivity index (χ4v) is 4.80. The number of nitro benzene ring substituents is 1. The third-order valence-corrected chi connectivity index (χ3v) is 6.47. The van der Waals surface area contributed by atoms with Crippen LogP contribution in [0.5, 0.6) is 0 Å². The second kappa shape index (κ2) is 10.6. The van der Waals surface area contributed by atoms with E-state index >= 15 is 0 Å². The van der Waals surface area contributed by atoms with E-state index in [0.29, 0.717) is 11.4 Å². The van der Waals surface area contributed by atoms with Crippen LogP contribution >= 0.6 is 11.3 Å². The molecule has 0 N–H and O–H groups in total. The number of carbonyl (C=O) groups is 2. The number of non-ortho nitro benzene ring substituents is 1. The molecule has 1 aliphatic heterocycles. The number of anilines is 3. The molecule has 0 saturated carbocycles. The molecular formula is C24H23FN4O5S. The number of para-hydroxylation sites is 1. The lowest BCUT2D eigenvalue weighted by Gasteiger charge is -2.30. The second-order valence-corrected chi connectivity index (χ2v) is 8.85. The number of carbonyl (C=O) groups excluding carboxylic acids is 2. The van der Waals surface area contributed by atoms with Crippen molar-refractivity contribution < 1.29 is 23.6 Å². The predicted molar refractivity (Wildman–Crippen MR) is 130 cm³/mol. The molecule has 0 atom stereocenters. The summed E-state index contributed by atoms with van der Waals surface area (Å²) in [7, 11) is 0. The van der Waals surface area contributed by atoms with Crippen molar-refractivity contribution in [2.75, 3.05) is 22.9 Å². The number of nitrogens with zero attached hydrogens (tertiary/aromatic N) is 4. The Morgan fingerprint density at radius 2 is 1.94 bits per heavy atom. The van der Waals surface area contributed by atoms with E-state index in [1.165, 1.54) is 37.3 Å². The summed E-state index contributed by atoms with van der Waals surface area (Å²) >= 11 is 1.11. The minimum absolute atomic E-state index is 0.0701. The third-order valence-electron chi connectivity index (χ3n) is 5.60. The third kappa shape index (κ3) is 5.46. The van der Waals surface area contributed by atoms with Gasteiger partial charge >= 0.3 is 5.97 Å². The van der Waals surface area contributed by atoms with E-state index in [9.17, 15) is 24.1 Å². The predicted octanol–water partition coefficient (Wildman–Crippen LogP) is 5.22. The van der Waals surface area contributed by atoms with Crippen molar-refractivity contribution >= 4 is 45.4 Å². The van der Waals surface area contributed by atoms with Gasteiger partial charge in [0.05, 0.1) is 27.6 Å². The maximum absolute atomic E-state index is 14.3. The Morgan fingerprint density at radius 1 is 1.20 bits per heavy atom. The van der Waals surface area contributed by atoms with Crippen LogP contribution in [0.4, 0.5) is 26.6 Å². The lowest BCUT2D eigenvalue weighted by Crippen LogP contribution is -2.31. The van der Waals surface area contributed by atoms with E-state index in [1.807, 2.05) is 4.90 Å². The quantitative estimate of drug-likeness (QED) is 0.250.